The van der Waals surface area contributed by atoms with Gasteiger partial charge in [-0.05, 0) is 31.1 Å². The molecule has 0 aromatic rings. The molecule has 3 nitrogen and oxygen atoms in total. The molecule has 3 heteroatoms. The maximum atomic E-state index is 11.4. The van der Waals surface area contributed by atoms with Gasteiger partial charge in [-0.2, -0.15) is 0 Å². The lowest BCUT2D eigenvalue weighted by Gasteiger charge is -2.23. The van der Waals surface area contributed by atoms with E-state index in [-0.39, 0.29) is 5.91 Å². The summed E-state index contributed by atoms with van der Waals surface area (Å²) >= 11 is 0. The maximum Gasteiger partial charge on any atom is 0.236 e. The van der Waals surface area contributed by atoms with Crippen molar-refractivity contribution >= 4 is 5.91 Å². The van der Waals surface area contributed by atoms with Crippen LogP contribution in [0, 0.1) is 11.8 Å². The van der Waals surface area contributed by atoms with E-state index in [9.17, 15) is 4.79 Å². The Morgan fingerprint density at radius 3 is 2.64 bits per heavy atom. The summed E-state index contributed by atoms with van der Waals surface area (Å²) in [7, 11) is 3.62. The van der Waals surface area contributed by atoms with Gasteiger partial charge < -0.3 is 10.2 Å². The molecule has 14 heavy (non-hydrogen) atoms. The van der Waals surface area contributed by atoms with E-state index in [1.807, 2.05) is 14.1 Å². The van der Waals surface area contributed by atoms with Crippen LogP contribution in [0.15, 0.2) is 0 Å². The van der Waals surface area contributed by atoms with Gasteiger partial charge in [-0.25, -0.2) is 0 Å². The fourth-order valence-corrected chi connectivity index (χ4v) is 2.87. The summed E-state index contributed by atoms with van der Waals surface area (Å²) in [6, 6.07) is 0.623. The summed E-state index contributed by atoms with van der Waals surface area (Å²) in [5.74, 6) is 2.00. The number of likely N-dealkylation sites (N-methyl/N-ethyl adjacent to an activating group) is 1. The molecule has 0 unspecified atom stereocenters. The second-order valence-corrected chi connectivity index (χ2v) is 4.95. The molecule has 0 aliphatic heterocycles. The molecule has 80 valence electrons. The van der Waals surface area contributed by atoms with Gasteiger partial charge in [0.2, 0.25) is 5.91 Å². The Bertz CT molecular complexity index is 227. The van der Waals surface area contributed by atoms with Crippen LogP contribution in [0.3, 0.4) is 0 Å². The van der Waals surface area contributed by atoms with Gasteiger partial charge in [0, 0.05) is 20.1 Å². The molecule has 0 saturated heterocycles. The first-order valence-corrected chi connectivity index (χ1v) is 5.60. The van der Waals surface area contributed by atoms with Crippen LogP contribution in [0.25, 0.3) is 0 Å². The first-order valence-electron chi connectivity index (χ1n) is 5.60. The monoisotopic (exact) mass is 196 g/mol. The van der Waals surface area contributed by atoms with Crippen LogP contribution >= 0.6 is 0 Å². The number of nitrogens with one attached hydrogen (secondary N) is 1. The van der Waals surface area contributed by atoms with E-state index in [1.165, 1.54) is 25.7 Å². The van der Waals surface area contributed by atoms with Gasteiger partial charge in [0.25, 0.3) is 0 Å². The summed E-state index contributed by atoms with van der Waals surface area (Å²) in [4.78, 5) is 13.0. The highest BCUT2D eigenvalue weighted by atomic mass is 16.2. The van der Waals surface area contributed by atoms with Crippen molar-refractivity contribution in [1.82, 2.24) is 10.2 Å². The third-order valence-corrected chi connectivity index (χ3v) is 3.75. The topological polar surface area (TPSA) is 32.3 Å². The third kappa shape index (κ3) is 1.92. The minimum absolute atomic E-state index is 0.188. The number of amides is 1. The molecule has 2 bridgehead atoms. The molecule has 0 aromatic heterocycles. The normalized spacial score (nSPS) is 34.9. The van der Waals surface area contributed by atoms with Crippen molar-refractivity contribution in [3.05, 3.63) is 0 Å². The van der Waals surface area contributed by atoms with Gasteiger partial charge in [0.05, 0.1) is 6.54 Å². The van der Waals surface area contributed by atoms with Crippen molar-refractivity contribution in [3.63, 3.8) is 0 Å². The molecule has 0 aromatic carbocycles. The Morgan fingerprint density at radius 1 is 1.36 bits per heavy atom. The smallest absolute Gasteiger partial charge is 0.236 e. The number of carbonyl (C=O) groups excluding carboxylic acids is 1. The fourth-order valence-electron chi connectivity index (χ4n) is 2.87. The second kappa shape index (κ2) is 3.89. The van der Waals surface area contributed by atoms with Crippen molar-refractivity contribution in [2.24, 2.45) is 11.8 Å². The first kappa shape index (κ1) is 9.97. The minimum atomic E-state index is 0.188. The standard InChI is InChI=1S/C11H20N2O/c1-13(2)11(14)7-12-10-6-8-3-4-9(10)5-8/h8-10,12H,3-7H2,1-2H3/t8-,9-,10+/m0/s1. The molecule has 2 rings (SSSR count). The van der Waals surface area contributed by atoms with E-state index in [0.717, 1.165) is 11.8 Å². The van der Waals surface area contributed by atoms with Crippen LogP contribution in [0.1, 0.15) is 25.7 Å². The van der Waals surface area contributed by atoms with Crippen molar-refractivity contribution in [3.8, 4) is 0 Å². The molecule has 0 heterocycles. The number of hydrogen-bond acceptors (Lipinski definition) is 2. The lowest BCUT2D eigenvalue weighted by atomic mass is 9.95. The second-order valence-electron chi connectivity index (χ2n) is 4.95. The molecular weight excluding hydrogens is 176 g/mol. The molecule has 3 atom stereocenters. The van der Waals surface area contributed by atoms with Gasteiger partial charge in [0.1, 0.15) is 0 Å². The van der Waals surface area contributed by atoms with Gasteiger partial charge in [-0.1, -0.05) is 6.42 Å². The van der Waals surface area contributed by atoms with Crippen LogP contribution in [0.2, 0.25) is 0 Å². The maximum absolute atomic E-state index is 11.4. The summed E-state index contributed by atoms with van der Waals surface area (Å²) in [5.41, 5.74) is 0. The zero-order valence-corrected chi connectivity index (χ0v) is 9.12. The van der Waals surface area contributed by atoms with Gasteiger partial charge in [-0.3, -0.25) is 4.79 Å². The number of fused-ring (bicyclic) bond motifs is 2. The van der Waals surface area contributed by atoms with E-state index in [0.29, 0.717) is 12.6 Å². The van der Waals surface area contributed by atoms with Crippen molar-refractivity contribution in [2.75, 3.05) is 20.6 Å². The number of hydrogen-bond donors (Lipinski definition) is 1. The Morgan fingerprint density at radius 2 is 2.14 bits per heavy atom. The summed E-state index contributed by atoms with van der Waals surface area (Å²) in [6.45, 7) is 0.515. The molecular formula is C11H20N2O. The predicted octanol–water partition coefficient (Wildman–Crippen LogP) is 0.853. The molecule has 2 fully saturated rings. The number of nitrogens with zero attached hydrogens (tertiary/aromatic N) is 1. The summed E-state index contributed by atoms with van der Waals surface area (Å²) in [6.07, 6.45) is 5.49. The molecule has 0 radical (unpaired) electrons. The van der Waals surface area contributed by atoms with E-state index < -0.39 is 0 Å². The Labute approximate surface area is 85.8 Å². The number of carbonyl (C=O) groups is 1. The van der Waals surface area contributed by atoms with Crippen molar-refractivity contribution < 1.29 is 4.79 Å². The van der Waals surface area contributed by atoms with E-state index in [4.69, 9.17) is 0 Å². The average Bonchev–Trinajstić information content (AvgIpc) is 2.74. The van der Waals surface area contributed by atoms with Crippen LogP contribution in [-0.2, 0) is 4.79 Å². The van der Waals surface area contributed by atoms with Gasteiger partial charge in [0.15, 0.2) is 0 Å². The largest absolute Gasteiger partial charge is 0.348 e. The van der Waals surface area contributed by atoms with E-state index in [1.54, 1.807) is 4.90 Å². The molecule has 0 spiro atoms. The van der Waals surface area contributed by atoms with Gasteiger partial charge >= 0.3 is 0 Å². The SMILES string of the molecule is CN(C)C(=O)CN[C@@H]1C[C@H]2CC[C@H]1C2. The first-order chi connectivity index (χ1) is 6.66. The van der Waals surface area contributed by atoms with Crippen LogP contribution in [0.5, 0.6) is 0 Å². The van der Waals surface area contributed by atoms with Crippen LogP contribution in [-0.4, -0.2) is 37.5 Å². The molecule has 2 saturated carbocycles. The van der Waals surface area contributed by atoms with E-state index in [2.05, 4.69) is 5.32 Å². The minimum Gasteiger partial charge on any atom is -0.348 e. The fraction of sp³-hybridized carbons (Fsp3) is 0.909. The summed E-state index contributed by atoms with van der Waals surface area (Å²) < 4.78 is 0. The van der Waals surface area contributed by atoms with Crippen molar-refractivity contribution in [2.45, 2.75) is 31.7 Å². The zero-order valence-electron chi connectivity index (χ0n) is 9.12. The highest BCUT2D eigenvalue weighted by molar-refractivity contribution is 5.77. The zero-order chi connectivity index (χ0) is 10.1. The Balaban J connectivity index is 1.74. The van der Waals surface area contributed by atoms with Crippen molar-refractivity contribution in [1.29, 1.82) is 0 Å². The van der Waals surface area contributed by atoms with Gasteiger partial charge in [-0.15, -0.1) is 0 Å². The quantitative estimate of drug-likeness (QED) is 0.726. The van der Waals surface area contributed by atoms with Crippen LogP contribution < -0.4 is 5.32 Å². The number of rotatable bonds is 3. The average molecular weight is 196 g/mol. The molecule has 1 N–H and O–H groups in total. The lowest BCUT2D eigenvalue weighted by Crippen LogP contribution is -2.41. The Hall–Kier alpha value is -0.570. The predicted molar refractivity (Wildman–Crippen MR) is 55.9 cm³/mol. The molecule has 2 aliphatic rings. The third-order valence-electron chi connectivity index (χ3n) is 3.75. The highest BCUT2D eigenvalue weighted by Crippen LogP contribution is 2.44. The van der Waals surface area contributed by atoms with E-state index >= 15 is 0 Å². The molecule has 1 amide bonds. The highest BCUT2D eigenvalue weighted by Gasteiger charge is 2.39. The van der Waals surface area contributed by atoms with Crippen LogP contribution in [0.4, 0.5) is 0 Å². The Kier molecular flexibility index (Phi) is 2.77. The lowest BCUT2D eigenvalue weighted by molar-refractivity contribution is -0.127. The summed E-state index contributed by atoms with van der Waals surface area (Å²) in [5, 5.41) is 3.40. The molecule has 2 aliphatic carbocycles.